The largest absolute Gasteiger partial charge is 0.329 e. The fourth-order valence-corrected chi connectivity index (χ4v) is 4.33. The van der Waals surface area contributed by atoms with Crippen LogP contribution < -0.4 is 11.2 Å². The number of halogens is 2. The number of hydrogen-bond donors (Lipinski definition) is 1. The monoisotopic (exact) mass is 407 g/mol. The maximum Gasteiger partial charge on any atom is 0.329 e. The second kappa shape index (κ2) is 7.67. The lowest BCUT2D eigenvalue weighted by molar-refractivity contribution is 0.605. The molecule has 8 heteroatoms. The standard InChI is InChI=1S/C18H15Cl2N3O2S/c1-2-13-14(10-5-6-11(19)12(20)9-10)15-16(26-13)22-18(25)23(17(15)24)8-4-3-7-21/h5-6,9H,2-4,8H2,1H3,(H,22,25). The van der Waals surface area contributed by atoms with Crippen LogP contribution in [0.1, 0.15) is 24.6 Å². The van der Waals surface area contributed by atoms with E-state index in [1.54, 1.807) is 12.1 Å². The molecule has 0 aliphatic carbocycles. The molecule has 0 atom stereocenters. The Morgan fingerprint density at radius 1 is 1.27 bits per heavy atom. The lowest BCUT2D eigenvalue weighted by Crippen LogP contribution is -2.34. The number of nitrogens with zero attached hydrogens (tertiary/aromatic N) is 2. The van der Waals surface area contributed by atoms with Gasteiger partial charge in [0.2, 0.25) is 0 Å². The van der Waals surface area contributed by atoms with Crippen molar-refractivity contribution in [2.24, 2.45) is 0 Å². The number of aromatic nitrogens is 2. The zero-order valence-electron chi connectivity index (χ0n) is 13.9. The highest BCUT2D eigenvalue weighted by molar-refractivity contribution is 7.19. The summed E-state index contributed by atoms with van der Waals surface area (Å²) in [5.41, 5.74) is 0.764. The summed E-state index contributed by atoms with van der Waals surface area (Å²) in [6.07, 6.45) is 1.44. The molecule has 2 aromatic heterocycles. The van der Waals surface area contributed by atoms with Crippen molar-refractivity contribution in [3.05, 3.63) is 54.0 Å². The van der Waals surface area contributed by atoms with E-state index in [1.807, 2.05) is 19.1 Å². The topological polar surface area (TPSA) is 78.7 Å². The van der Waals surface area contributed by atoms with Crippen molar-refractivity contribution in [1.82, 2.24) is 9.55 Å². The van der Waals surface area contributed by atoms with Gasteiger partial charge in [-0.25, -0.2) is 4.79 Å². The van der Waals surface area contributed by atoms with E-state index in [9.17, 15) is 9.59 Å². The molecule has 3 rings (SSSR count). The third-order valence-electron chi connectivity index (χ3n) is 4.11. The molecule has 0 unspecified atom stereocenters. The van der Waals surface area contributed by atoms with Crippen LogP contribution in [0.15, 0.2) is 27.8 Å². The molecule has 0 aliphatic heterocycles. The molecular weight excluding hydrogens is 393 g/mol. The number of aryl methyl sites for hydroxylation is 1. The first-order valence-electron chi connectivity index (χ1n) is 8.08. The summed E-state index contributed by atoms with van der Waals surface area (Å²) in [7, 11) is 0. The highest BCUT2D eigenvalue weighted by Crippen LogP contribution is 2.38. The van der Waals surface area contributed by atoms with Gasteiger partial charge in [-0.15, -0.1) is 11.3 Å². The van der Waals surface area contributed by atoms with Crippen LogP contribution >= 0.6 is 34.5 Å². The van der Waals surface area contributed by atoms with E-state index >= 15 is 0 Å². The van der Waals surface area contributed by atoms with Crippen LogP contribution in [0, 0.1) is 11.3 Å². The van der Waals surface area contributed by atoms with Crippen LogP contribution in [0.3, 0.4) is 0 Å². The summed E-state index contributed by atoms with van der Waals surface area (Å²) >= 11 is 13.6. The predicted molar refractivity (Wildman–Crippen MR) is 106 cm³/mol. The highest BCUT2D eigenvalue weighted by Gasteiger charge is 2.19. The predicted octanol–water partition coefficient (Wildman–Crippen LogP) is 4.59. The number of fused-ring (bicyclic) bond motifs is 1. The Balaban J connectivity index is 2.29. The van der Waals surface area contributed by atoms with E-state index in [-0.39, 0.29) is 18.5 Å². The van der Waals surface area contributed by atoms with Gasteiger partial charge in [-0.2, -0.15) is 5.26 Å². The number of aromatic amines is 1. The van der Waals surface area contributed by atoms with Crippen LogP contribution in [0.2, 0.25) is 10.0 Å². The van der Waals surface area contributed by atoms with Crippen molar-refractivity contribution < 1.29 is 0 Å². The van der Waals surface area contributed by atoms with Gasteiger partial charge in [0.25, 0.3) is 5.56 Å². The average molecular weight is 408 g/mol. The Hall–Kier alpha value is -2.07. The molecule has 134 valence electrons. The maximum atomic E-state index is 13.0. The molecule has 0 saturated carbocycles. The fraction of sp³-hybridized carbons (Fsp3) is 0.278. The smallest absolute Gasteiger partial charge is 0.298 e. The van der Waals surface area contributed by atoms with Crippen molar-refractivity contribution >= 4 is 44.8 Å². The molecule has 0 fully saturated rings. The van der Waals surface area contributed by atoms with Crippen LogP contribution in [0.5, 0.6) is 0 Å². The SMILES string of the molecule is CCc1sc2[nH]c(=O)n(CCCC#N)c(=O)c2c1-c1ccc(Cl)c(Cl)c1. The molecule has 26 heavy (non-hydrogen) atoms. The molecule has 3 aromatic rings. The zero-order chi connectivity index (χ0) is 18.8. The number of thiophene rings is 1. The van der Waals surface area contributed by atoms with Crippen molar-refractivity contribution in [3.8, 4) is 17.2 Å². The van der Waals surface area contributed by atoms with E-state index in [4.69, 9.17) is 28.5 Å². The average Bonchev–Trinajstić information content (AvgIpc) is 2.98. The molecule has 0 aliphatic rings. The minimum Gasteiger partial charge on any atom is -0.298 e. The molecule has 1 N–H and O–H groups in total. The van der Waals surface area contributed by atoms with Gasteiger partial charge < -0.3 is 0 Å². The number of hydrogen-bond acceptors (Lipinski definition) is 4. The maximum absolute atomic E-state index is 13.0. The zero-order valence-corrected chi connectivity index (χ0v) is 16.3. The second-order valence-corrected chi connectivity index (χ2v) is 7.65. The summed E-state index contributed by atoms with van der Waals surface area (Å²) in [6.45, 7) is 2.20. The van der Waals surface area contributed by atoms with Gasteiger partial charge in [-0.3, -0.25) is 14.3 Å². The van der Waals surface area contributed by atoms with Crippen LogP contribution in [-0.2, 0) is 13.0 Å². The lowest BCUT2D eigenvalue weighted by atomic mass is 10.0. The van der Waals surface area contributed by atoms with E-state index in [2.05, 4.69) is 4.98 Å². The van der Waals surface area contributed by atoms with E-state index in [0.717, 1.165) is 20.6 Å². The minimum atomic E-state index is -0.454. The Morgan fingerprint density at radius 2 is 2.04 bits per heavy atom. The van der Waals surface area contributed by atoms with Gasteiger partial charge in [0.1, 0.15) is 4.83 Å². The quantitative estimate of drug-likeness (QED) is 0.627. The number of H-pyrrole nitrogens is 1. The number of benzene rings is 1. The Labute approximate surface area is 163 Å². The van der Waals surface area contributed by atoms with E-state index < -0.39 is 5.69 Å². The van der Waals surface area contributed by atoms with Crippen LogP contribution in [0.4, 0.5) is 0 Å². The molecule has 1 aromatic carbocycles. The lowest BCUT2D eigenvalue weighted by Gasteiger charge is -2.07. The van der Waals surface area contributed by atoms with Gasteiger partial charge >= 0.3 is 5.69 Å². The Kier molecular flexibility index (Phi) is 5.52. The van der Waals surface area contributed by atoms with Crippen molar-refractivity contribution in [3.63, 3.8) is 0 Å². The molecule has 2 heterocycles. The van der Waals surface area contributed by atoms with Gasteiger partial charge in [0.15, 0.2) is 0 Å². The number of nitriles is 1. The Morgan fingerprint density at radius 3 is 2.69 bits per heavy atom. The molecule has 0 amide bonds. The molecule has 0 radical (unpaired) electrons. The van der Waals surface area contributed by atoms with Crippen molar-refractivity contribution in [2.75, 3.05) is 0 Å². The molecule has 5 nitrogen and oxygen atoms in total. The summed E-state index contributed by atoms with van der Waals surface area (Å²) in [5.74, 6) is 0. The normalized spacial score (nSPS) is 11.0. The first-order chi connectivity index (χ1) is 12.5. The second-order valence-electron chi connectivity index (χ2n) is 5.74. The molecule has 0 saturated heterocycles. The first-order valence-corrected chi connectivity index (χ1v) is 9.66. The van der Waals surface area contributed by atoms with Gasteiger partial charge in [0, 0.05) is 23.4 Å². The minimum absolute atomic E-state index is 0.204. The highest BCUT2D eigenvalue weighted by atomic mass is 35.5. The summed E-state index contributed by atoms with van der Waals surface area (Å²) in [6, 6.07) is 7.27. The van der Waals surface area contributed by atoms with Crippen molar-refractivity contribution in [2.45, 2.75) is 32.7 Å². The van der Waals surface area contributed by atoms with Gasteiger partial charge in [-0.1, -0.05) is 36.2 Å². The number of unbranched alkanes of at least 4 members (excludes halogenated alkanes) is 1. The summed E-state index contributed by atoms with van der Waals surface area (Å²) in [5, 5.41) is 10.0. The molecular formula is C18H15Cl2N3O2S. The molecule has 0 spiro atoms. The first kappa shape index (κ1) is 18.7. The third kappa shape index (κ3) is 3.30. The van der Waals surface area contributed by atoms with Gasteiger partial charge in [-0.05, 0) is 30.5 Å². The van der Waals surface area contributed by atoms with Crippen LogP contribution in [0.25, 0.3) is 21.3 Å². The third-order valence-corrected chi connectivity index (χ3v) is 6.09. The summed E-state index contributed by atoms with van der Waals surface area (Å²) < 4.78 is 1.16. The number of nitrogens with one attached hydrogen (secondary N) is 1. The van der Waals surface area contributed by atoms with E-state index in [1.165, 1.54) is 11.3 Å². The number of rotatable bonds is 5. The Bertz CT molecular complexity index is 1140. The molecule has 0 bridgehead atoms. The van der Waals surface area contributed by atoms with E-state index in [0.29, 0.717) is 33.1 Å². The summed E-state index contributed by atoms with van der Waals surface area (Å²) in [4.78, 5) is 29.6. The van der Waals surface area contributed by atoms with Gasteiger partial charge in [0.05, 0.1) is 21.5 Å². The van der Waals surface area contributed by atoms with Crippen LogP contribution in [-0.4, -0.2) is 9.55 Å². The fourth-order valence-electron chi connectivity index (χ4n) is 2.89. The van der Waals surface area contributed by atoms with Crippen molar-refractivity contribution in [1.29, 1.82) is 5.26 Å².